The molecule has 1 amide bonds. The second-order valence-corrected chi connectivity index (χ2v) is 6.61. The molecule has 0 aromatic rings. The Balaban J connectivity index is 1.70. The van der Waals surface area contributed by atoms with E-state index in [-0.39, 0.29) is 18.2 Å². The zero-order valence-electron chi connectivity index (χ0n) is 13.1. The fourth-order valence-electron chi connectivity index (χ4n) is 3.51. The number of rotatable bonds is 6. The number of amides is 1. The van der Waals surface area contributed by atoms with Crippen molar-refractivity contribution in [3.8, 4) is 0 Å². The molecule has 2 fully saturated rings. The largest absolute Gasteiger partial charge is 0.481 e. The summed E-state index contributed by atoms with van der Waals surface area (Å²) in [6, 6.07) is 0. The van der Waals surface area contributed by atoms with Gasteiger partial charge in [0.05, 0.1) is 0 Å². The van der Waals surface area contributed by atoms with E-state index in [0.29, 0.717) is 5.92 Å². The number of carboxylic acids is 1. The Morgan fingerprint density at radius 3 is 2.33 bits per heavy atom. The fourth-order valence-corrected chi connectivity index (χ4v) is 3.51. The van der Waals surface area contributed by atoms with Crippen LogP contribution in [0.3, 0.4) is 0 Å². The molecule has 1 atom stereocenters. The predicted octanol–water partition coefficient (Wildman–Crippen LogP) is 1.82. The minimum Gasteiger partial charge on any atom is -0.481 e. The standard InChI is InChI=1S/C16H28N2O3/c1-13(12-17-8-2-3-9-17)16(21)18-10-6-14(7-11-18)4-5-15(19)20/h13-14H,2-12H2,1H3,(H,19,20)/t13-/m0/s1. The van der Waals surface area contributed by atoms with Gasteiger partial charge in [-0.3, -0.25) is 9.59 Å². The lowest BCUT2D eigenvalue weighted by Gasteiger charge is -2.34. The summed E-state index contributed by atoms with van der Waals surface area (Å²) in [7, 11) is 0. The van der Waals surface area contributed by atoms with Crippen molar-refractivity contribution < 1.29 is 14.7 Å². The van der Waals surface area contributed by atoms with E-state index < -0.39 is 5.97 Å². The van der Waals surface area contributed by atoms with Gasteiger partial charge in [0.2, 0.25) is 5.91 Å². The maximum absolute atomic E-state index is 12.5. The summed E-state index contributed by atoms with van der Waals surface area (Å²) < 4.78 is 0. The van der Waals surface area contributed by atoms with Crippen LogP contribution >= 0.6 is 0 Å². The van der Waals surface area contributed by atoms with Crippen LogP contribution in [0, 0.1) is 11.8 Å². The Hall–Kier alpha value is -1.10. The van der Waals surface area contributed by atoms with Crippen LogP contribution in [-0.2, 0) is 9.59 Å². The van der Waals surface area contributed by atoms with Gasteiger partial charge in [-0.2, -0.15) is 0 Å². The van der Waals surface area contributed by atoms with Gasteiger partial charge in [0.25, 0.3) is 0 Å². The van der Waals surface area contributed by atoms with Gasteiger partial charge in [-0.05, 0) is 51.1 Å². The number of hydrogen-bond acceptors (Lipinski definition) is 3. The molecule has 2 rings (SSSR count). The predicted molar refractivity (Wildman–Crippen MR) is 81.0 cm³/mol. The third-order valence-electron chi connectivity index (χ3n) is 4.84. The summed E-state index contributed by atoms with van der Waals surface area (Å²) in [5.41, 5.74) is 0. The van der Waals surface area contributed by atoms with Gasteiger partial charge in [0.1, 0.15) is 0 Å². The Bertz CT molecular complexity index is 359. The maximum Gasteiger partial charge on any atom is 0.303 e. The molecule has 0 aliphatic carbocycles. The number of carbonyl (C=O) groups excluding carboxylic acids is 1. The highest BCUT2D eigenvalue weighted by atomic mass is 16.4. The van der Waals surface area contributed by atoms with E-state index in [0.717, 1.165) is 52.0 Å². The monoisotopic (exact) mass is 296 g/mol. The van der Waals surface area contributed by atoms with Gasteiger partial charge in [-0.1, -0.05) is 6.92 Å². The van der Waals surface area contributed by atoms with Gasteiger partial charge in [0, 0.05) is 32.0 Å². The van der Waals surface area contributed by atoms with E-state index in [2.05, 4.69) is 4.90 Å². The molecule has 0 spiro atoms. The number of aliphatic carboxylic acids is 1. The van der Waals surface area contributed by atoms with E-state index in [1.807, 2.05) is 11.8 Å². The number of likely N-dealkylation sites (tertiary alicyclic amines) is 2. The number of carbonyl (C=O) groups is 2. The van der Waals surface area contributed by atoms with Gasteiger partial charge in [-0.15, -0.1) is 0 Å². The lowest BCUT2D eigenvalue weighted by atomic mass is 9.91. The van der Waals surface area contributed by atoms with E-state index >= 15 is 0 Å². The number of carboxylic acid groups (broad SMARTS) is 1. The van der Waals surface area contributed by atoms with Crippen molar-refractivity contribution in [2.24, 2.45) is 11.8 Å². The Labute approximate surface area is 127 Å². The molecule has 21 heavy (non-hydrogen) atoms. The average Bonchev–Trinajstić information content (AvgIpc) is 2.97. The van der Waals surface area contributed by atoms with E-state index in [1.165, 1.54) is 12.8 Å². The first-order valence-electron chi connectivity index (χ1n) is 8.29. The minimum atomic E-state index is -0.715. The molecule has 0 unspecified atom stereocenters. The summed E-state index contributed by atoms with van der Waals surface area (Å²) in [5, 5.41) is 8.72. The summed E-state index contributed by atoms with van der Waals surface area (Å²) in [6.07, 6.45) is 5.43. The molecule has 0 aromatic carbocycles. The number of hydrogen-bond donors (Lipinski definition) is 1. The first-order chi connectivity index (χ1) is 10.1. The van der Waals surface area contributed by atoms with Crippen LogP contribution in [0.25, 0.3) is 0 Å². The lowest BCUT2D eigenvalue weighted by Crippen LogP contribution is -2.43. The Morgan fingerprint density at radius 1 is 1.14 bits per heavy atom. The van der Waals surface area contributed by atoms with Crippen molar-refractivity contribution in [2.45, 2.75) is 45.4 Å². The van der Waals surface area contributed by atoms with E-state index in [1.54, 1.807) is 0 Å². The van der Waals surface area contributed by atoms with Crippen molar-refractivity contribution in [3.63, 3.8) is 0 Å². The summed E-state index contributed by atoms with van der Waals surface area (Å²) in [6.45, 7) is 6.79. The summed E-state index contributed by atoms with van der Waals surface area (Å²) in [4.78, 5) is 27.4. The van der Waals surface area contributed by atoms with Crippen LogP contribution in [0.1, 0.15) is 45.4 Å². The second kappa shape index (κ2) is 7.78. The molecule has 2 aliphatic rings. The van der Waals surface area contributed by atoms with Crippen molar-refractivity contribution in [2.75, 3.05) is 32.7 Å². The normalized spacial score (nSPS) is 22.4. The smallest absolute Gasteiger partial charge is 0.303 e. The highest BCUT2D eigenvalue weighted by Crippen LogP contribution is 2.23. The van der Waals surface area contributed by atoms with Gasteiger partial charge in [-0.25, -0.2) is 0 Å². The molecule has 120 valence electrons. The van der Waals surface area contributed by atoms with Crippen LogP contribution in [0.5, 0.6) is 0 Å². The topological polar surface area (TPSA) is 60.9 Å². The van der Waals surface area contributed by atoms with Crippen LogP contribution < -0.4 is 0 Å². The van der Waals surface area contributed by atoms with Gasteiger partial charge in [0.15, 0.2) is 0 Å². The van der Waals surface area contributed by atoms with Crippen molar-refractivity contribution in [1.82, 2.24) is 9.80 Å². The Morgan fingerprint density at radius 2 is 1.76 bits per heavy atom. The van der Waals surface area contributed by atoms with Crippen LogP contribution in [0.2, 0.25) is 0 Å². The first kappa shape index (κ1) is 16.3. The molecule has 0 radical (unpaired) electrons. The van der Waals surface area contributed by atoms with Crippen LogP contribution in [-0.4, -0.2) is 59.5 Å². The molecule has 2 heterocycles. The molecule has 0 aromatic heterocycles. The third-order valence-corrected chi connectivity index (χ3v) is 4.84. The van der Waals surface area contributed by atoms with Crippen LogP contribution in [0.4, 0.5) is 0 Å². The molecule has 1 N–H and O–H groups in total. The SMILES string of the molecule is C[C@@H](CN1CCCC1)C(=O)N1CCC(CCC(=O)O)CC1. The summed E-state index contributed by atoms with van der Waals surface area (Å²) in [5.74, 6) is 0.115. The quantitative estimate of drug-likeness (QED) is 0.812. The Kier molecular flexibility index (Phi) is 6.03. The second-order valence-electron chi connectivity index (χ2n) is 6.61. The highest BCUT2D eigenvalue weighted by Gasteiger charge is 2.27. The molecular weight excluding hydrogens is 268 g/mol. The fraction of sp³-hybridized carbons (Fsp3) is 0.875. The van der Waals surface area contributed by atoms with Crippen molar-refractivity contribution in [1.29, 1.82) is 0 Å². The summed E-state index contributed by atoms with van der Waals surface area (Å²) >= 11 is 0. The molecular formula is C16H28N2O3. The van der Waals surface area contributed by atoms with Crippen molar-refractivity contribution >= 4 is 11.9 Å². The lowest BCUT2D eigenvalue weighted by molar-refractivity contribution is -0.139. The van der Waals surface area contributed by atoms with Crippen LogP contribution in [0.15, 0.2) is 0 Å². The molecule has 2 aliphatic heterocycles. The van der Waals surface area contributed by atoms with E-state index in [4.69, 9.17) is 5.11 Å². The highest BCUT2D eigenvalue weighted by molar-refractivity contribution is 5.78. The molecule has 2 saturated heterocycles. The van der Waals surface area contributed by atoms with Crippen molar-refractivity contribution in [3.05, 3.63) is 0 Å². The number of piperidine rings is 1. The van der Waals surface area contributed by atoms with Gasteiger partial charge < -0.3 is 14.9 Å². The third kappa shape index (κ3) is 4.99. The first-order valence-corrected chi connectivity index (χ1v) is 8.29. The van der Waals surface area contributed by atoms with E-state index in [9.17, 15) is 9.59 Å². The van der Waals surface area contributed by atoms with Gasteiger partial charge >= 0.3 is 5.97 Å². The molecule has 5 heteroatoms. The minimum absolute atomic E-state index is 0.0821. The molecule has 0 bridgehead atoms. The average molecular weight is 296 g/mol. The zero-order chi connectivity index (χ0) is 15.2. The molecule has 0 saturated carbocycles. The number of nitrogens with zero attached hydrogens (tertiary/aromatic N) is 2. The zero-order valence-corrected chi connectivity index (χ0v) is 13.1. The molecule has 5 nitrogen and oxygen atoms in total. The maximum atomic E-state index is 12.5.